The van der Waals surface area contributed by atoms with Crippen LogP contribution in [0.2, 0.25) is 0 Å². The van der Waals surface area contributed by atoms with Crippen LogP contribution < -0.4 is 16.0 Å². The maximum atomic E-state index is 12.2. The lowest BCUT2D eigenvalue weighted by atomic mass is 10.2. The second kappa shape index (κ2) is 7.24. The van der Waals surface area contributed by atoms with Gasteiger partial charge in [0.25, 0.3) is 11.8 Å². The highest BCUT2D eigenvalue weighted by molar-refractivity contribution is 7.18. The van der Waals surface area contributed by atoms with Gasteiger partial charge < -0.3 is 20.4 Å². The highest BCUT2D eigenvalue weighted by atomic mass is 32.1. The van der Waals surface area contributed by atoms with E-state index in [1.165, 1.54) is 17.6 Å². The summed E-state index contributed by atoms with van der Waals surface area (Å²) in [6.07, 6.45) is 1.44. The Labute approximate surface area is 132 Å². The van der Waals surface area contributed by atoms with E-state index >= 15 is 0 Å². The van der Waals surface area contributed by atoms with Crippen LogP contribution in [0.25, 0.3) is 0 Å². The molecule has 22 heavy (non-hydrogen) atoms. The van der Waals surface area contributed by atoms with Crippen LogP contribution in [-0.2, 0) is 0 Å². The molecule has 3 N–H and O–H groups in total. The van der Waals surface area contributed by atoms with E-state index < -0.39 is 0 Å². The summed E-state index contributed by atoms with van der Waals surface area (Å²) in [6, 6.07) is 5.21. The number of thiophene rings is 1. The first-order valence-electron chi connectivity index (χ1n) is 6.92. The van der Waals surface area contributed by atoms with Gasteiger partial charge in [-0.3, -0.25) is 9.59 Å². The summed E-state index contributed by atoms with van der Waals surface area (Å²) in [5.74, 6) is -0.231. The molecule has 0 fully saturated rings. The monoisotopic (exact) mass is 321 g/mol. The minimum Gasteiger partial charge on any atom is -0.459 e. The third-order valence-corrected chi connectivity index (χ3v) is 4.32. The topological polar surface area (TPSA) is 83.4 Å². The lowest BCUT2D eigenvalue weighted by Crippen LogP contribution is -2.37. The molecule has 0 saturated carbocycles. The maximum Gasteiger partial charge on any atom is 0.291 e. The number of carbonyl (C=O) groups excluding carboxylic acids is 2. The van der Waals surface area contributed by atoms with Gasteiger partial charge in [0.2, 0.25) is 0 Å². The van der Waals surface area contributed by atoms with Crippen LogP contribution in [0.4, 0.5) is 5.00 Å². The summed E-state index contributed by atoms with van der Waals surface area (Å²) in [7, 11) is 1.84. The van der Waals surface area contributed by atoms with Crippen molar-refractivity contribution in [1.82, 2.24) is 10.6 Å². The Hall–Kier alpha value is -2.12. The Kier molecular flexibility index (Phi) is 5.35. The number of amides is 2. The van der Waals surface area contributed by atoms with Crippen molar-refractivity contribution in [2.24, 2.45) is 0 Å². The molecule has 0 bridgehead atoms. The van der Waals surface area contributed by atoms with Gasteiger partial charge in [-0.25, -0.2) is 0 Å². The largest absolute Gasteiger partial charge is 0.459 e. The molecule has 7 heteroatoms. The van der Waals surface area contributed by atoms with Crippen LogP contribution in [0.15, 0.2) is 28.9 Å². The Bertz CT molecular complexity index is 649. The Morgan fingerprint density at radius 1 is 1.36 bits per heavy atom. The van der Waals surface area contributed by atoms with Gasteiger partial charge in [-0.15, -0.1) is 11.3 Å². The van der Waals surface area contributed by atoms with Crippen molar-refractivity contribution in [3.8, 4) is 0 Å². The summed E-state index contributed by atoms with van der Waals surface area (Å²) in [4.78, 5) is 24.7. The molecule has 2 aromatic rings. The average Bonchev–Trinajstić information content (AvgIpc) is 3.14. The summed E-state index contributed by atoms with van der Waals surface area (Å²) in [5.41, 5.74) is 0.828. The molecule has 0 aliphatic heterocycles. The molecule has 1 atom stereocenters. The normalized spacial score (nSPS) is 12.0. The predicted octanol–water partition coefficient (Wildman–Crippen LogP) is 2.24. The van der Waals surface area contributed by atoms with Crippen molar-refractivity contribution in [3.05, 3.63) is 40.7 Å². The van der Waals surface area contributed by atoms with Gasteiger partial charge >= 0.3 is 0 Å². The number of rotatable bonds is 6. The number of nitrogens with one attached hydrogen (secondary N) is 3. The molecule has 0 radical (unpaired) electrons. The molecule has 118 valence electrons. The number of hydrogen-bond donors (Lipinski definition) is 3. The van der Waals surface area contributed by atoms with Crippen LogP contribution in [0.1, 0.15) is 32.7 Å². The summed E-state index contributed by atoms with van der Waals surface area (Å²) >= 11 is 1.25. The van der Waals surface area contributed by atoms with E-state index in [9.17, 15) is 9.59 Å². The van der Waals surface area contributed by atoms with Crippen molar-refractivity contribution < 1.29 is 14.0 Å². The second-order valence-corrected chi connectivity index (χ2v) is 6.01. The van der Waals surface area contributed by atoms with Gasteiger partial charge in [-0.1, -0.05) is 0 Å². The van der Waals surface area contributed by atoms with E-state index in [-0.39, 0.29) is 23.6 Å². The van der Waals surface area contributed by atoms with Gasteiger partial charge in [-0.05, 0) is 44.7 Å². The fourth-order valence-electron chi connectivity index (χ4n) is 1.78. The van der Waals surface area contributed by atoms with Crippen molar-refractivity contribution in [2.45, 2.75) is 19.9 Å². The van der Waals surface area contributed by atoms with E-state index in [0.29, 0.717) is 16.4 Å². The zero-order valence-corrected chi connectivity index (χ0v) is 13.5. The smallest absolute Gasteiger partial charge is 0.291 e. The van der Waals surface area contributed by atoms with Gasteiger partial charge in [0.15, 0.2) is 5.76 Å². The molecular weight excluding hydrogens is 302 g/mol. The van der Waals surface area contributed by atoms with Gasteiger partial charge in [0, 0.05) is 12.6 Å². The quantitative estimate of drug-likeness (QED) is 0.762. The van der Waals surface area contributed by atoms with E-state index in [0.717, 1.165) is 5.56 Å². The van der Waals surface area contributed by atoms with Crippen molar-refractivity contribution >= 4 is 28.2 Å². The standard InChI is InChI=1S/C15H19N3O3S/c1-9-7-12(18-14(19)11-5-4-6-21-11)22-13(9)15(20)17-8-10(2)16-3/h4-7,10,16H,8H2,1-3H3,(H,17,20)(H,18,19). The van der Waals surface area contributed by atoms with E-state index in [4.69, 9.17) is 4.42 Å². The Balaban J connectivity index is 2.01. The maximum absolute atomic E-state index is 12.2. The second-order valence-electron chi connectivity index (χ2n) is 4.95. The molecule has 2 rings (SSSR count). The third kappa shape index (κ3) is 3.96. The van der Waals surface area contributed by atoms with Crippen molar-refractivity contribution in [1.29, 1.82) is 0 Å². The highest BCUT2D eigenvalue weighted by Crippen LogP contribution is 2.27. The molecular formula is C15H19N3O3S. The van der Waals surface area contributed by atoms with E-state index in [1.54, 1.807) is 18.2 Å². The molecule has 1 unspecified atom stereocenters. The Morgan fingerprint density at radius 2 is 2.14 bits per heavy atom. The zero-order valence-electron chi connectivity index (χ0n) is 12.7. The van der Waals surface area contributed by atoms with Crippen LogP contribution >= 0.6 is 11.3 Å². The minimum absolute atomic E-state index is 0.136. The molecule has 2 heterocycles. The Morgan fingerprint density at radius 3 is 2.77 bits per heavy atom. The average molecular weight is 321 g/mol. The van der Waals surface area contributed by atoms with Crippen molar-refractivity contribution in [3.63, 3.8) is 0 Å². The molecule has 2 amide bonds. The number of aryl methyl sites for hydroxylation is 1. The first kappa shape index (κ1) is 16.3. The molecule has 0 spiro atoms. The van der Waals surface area contributed by atoms with Crippen molar-refractivity contribution in [2.75, 3.05) is 18.9 Å². The van der Waals surface area contributed by atoms with Crippen LogP contribution in [0.3, 0.4) is 0 Å². The number of likely N-dealkylation sites (N-methyl/N-ethyl adjacent to an activating group) is 1. The number of hydrogen-bond acceptors (Lipinski definition) is 5. The summed E-state index contributed by atoms with van der Waals surface area (Å²) in [5, 5.41) is 9.26. The minimum atomic E-state index is -0.331. The first-order valence-corrected chi connectivity index (χ1v) is 7.73. The molecule has 6 nitrogen and oxygen atoms in total. The molecule has 0 aliphatic carbocycles. The fraction of sp³-hybridized carbons (Fsp3) is 0.333. The number of furan rings is 1. The van der Waals surface area contributed by atoms with Gasteiger partial charge in [0.05, 0.1) is 16.1 Å². The van der Waals surface area contributed by atoms with Crippen LogP contribution in [0.5, 0.6) is 0 Å². The lowest BCUT2D eigenvalue weighted by Gasteiger charge is -2.10. The predicted molar refractivity (Wildman–Crippen MR) is 86.6 cm³/mol. The SMILES string of the molecule is CNC(C)CNC(=O)c1sc(NC(=O)c2ccco2)cc1C. The van der Waals surface area contributed by atoms with Gasteiger partial charge in [-0.2, -0.15) is 0 Å². The molecule has 2 aromatic heterocycles. The van der Waals surface area contributed by atoms with Gasteiger partial charge in [0.1, 0.15) is 0 Å². The van der Waals surface area contributed by atoms with E-state index in [1.807, 2.05) is 20.9 Å². The molecule has 0 aliphatic rings. The lowest BCUT2D eigenvalue weighted by molar-refractivity contribution is 0.0952. The number of carbonyl (C=O) groups is 2. The fourth-order valence-corrected chi connectivity index (χ4v) is 2.76. The molecule has 0 aromatic carbocycles. The van der Waals surface area contributed by atoms with E-state index in [2.05, 4.69) is 16.0 Å². The molecule has 0 saturated heterocycles. The third-order valence-electron chi connectivity index (χ3n) is 3.17. The van der Waals surface area contributed by atoms with Crippen LogP contribution in [0, 0.1) is 6.92 Å². The highest BCUT2D eigenvalue weighted by Gasteiger charge is 2.16. The van der Waals surface area contributed by atoms with Crippen LogP contribution in [-0.4, -0.2) is 31.4 Å². The zero-order chi connectivity index (χ0) is 16.1. The number of anilines is 1. The summed E-state index contributed by atoms with van der Waals surface area (Å²) in [6.45, 7) is 4.37. The summed E-state index contributed by atoms with van der Waals surface area (Å²) < 4.78 is 5.04. The first-order chi connectivity index (χ1) is 10.5.